The molecule has 0 radical (unpaired) electrons. The van der Waals surface area contributed by atoms with Crippen LogP contribution in [-0.2, 0) is 9.53 Å². The zero-order valence-electron chi connectivity index (χ0n) is 14.1. The van der Waals surface area contributed by atoms with Crippen LogP contribution in [0.4, 0.5) is 13.2 Å². The highest BCUT2D eigenvalue weighted by atomic mass is 32.2. The lowest BCUT2D eigenvalue weighted by Gasteiger charge is -2.21. The van der Waals surface area contributed by atoms with Crippen molar-refractivity contribution in [1.82, 2.24) is 14.9 Å². The van der Waals surface area contributed by atoms with E-state index >= 15 is 0 Å². The summed E-state index contributed by atoms with van der Waals surface area (Å²) in [5.41, 5.74) is -2.60. The number of nitrogens with zero attached hydrogens (tertiary/aromatic N) is 2. The van der Waals surface area contributed by atoms with Crippen molar-refractivity contribution in [3.8, 4) is 0 Å². The highest BCUT2D eigenvalue weighted by Crippen LogP contribution is 2.40. The molecule has 0 saturated carbocycles. The number of hydrogen-bond donors (Lipinski definition) is 1. The number of hydrogen-bond acceptors (Lipinski definition) is 5. The number of aromatic nitrogens is 2. The average Bonchev–Trinajstić information content (AvgIpc) is 2.98. The Hall–Kier alpha value is -2.42. The molecule has 1 aliphatic heterocycles. The minimum absolute atomic E-state index is 0.0249. The lowest BCUT2D eigenvalue weighted by atomic mass is 10.1. The van der Waals surface area contributed by atoms with E-state index in [1.165, 1.54) is 6.07 Å². The number of halogens is 3. The molecular formula is C17H16F3N3O2S. The molecular weight excluding hydrogens is 367 g/mol. The number of allylic oxidation sites excluding steroid dienone is 2. The Morgan fingerprint density at radius 2 is 2.19 bits per heavy atom. The Labute approximate surface area is 151 Å². The van der Waals surface area contributed by atoms with E-state index in [0.29, 0.717) is 29.0 Å². The summed E-state index contributed by atoms with van der Waals surface area (Å²) >= 11 is -0.199. The van der Waals surface area contributed by atoms with Crippen molar-refractivity contribution >= 4 is 34.3 Å². The SMILES string of the molecule is CCOC(=O)C1=CC(c2nc3c(SC(F)(F)F)cccc3[nH]2)=CN(C)C1. The fraction of sp³-hybridized carbons (Fsp3) is 0.294. The highest BCUT2D eigenvalue weighted by molar-refractivity contribution is 8.00. The lowest BCUT2D eigenvalue weighted by molar-refractivity contribution is -0.138. The largest absolute Gasteiger partial charge is 0.463 e. The molecule has 5 nitrogen and oxygen atoms in total. The number of thioether (sulfide) groups is 1. The first-order chi connectivity index (χ1) is 12.3. The summed E-state index contributed by atoms with van der Waals surface area (Å²) in [4.78, 5) is 21.2. The second kappa shape index (κ2) is 7.06. The van der Waals surface area contributed by atoms with Crippen molar-refractivity contribution in [3.63, 3.8) is 0 Å². The lowest BCUT2D eigenvalue weighted by Crippen LogP contribution is -2.24. The van der Waals surface area contributed by atoms with Gasteiger partial charge in [0.15, 0.2) is 0 Å². The summed E-state index contributed by atoms with van der Waals surface area (Å²) in [5.74, 6) is -0.0297. The molecule has 3 rings (SSSR count). The zero-order chi connectivity index (χ0) is 18.9. The van der Waals surface area contributed by atoms with E-state index in [1.54, 1.807) is 43.3 Å². The number of carbonyl (C=O) groups excluding carboxylic acids is 1. The number of para-hydroxylation sites is 1. The summed E-state index contributed by atoms with van der Waals surface area (Å²) in [5, 5.41) is 0. The van der Waals surface area contributed by atoms with Gasteiger partial charge in [-0.1, -0.05) is 6.07 Å². The van der Waals surface area contributed by atoms with Gasteiger partial charge in [0.05, 0.1) is 17.7 Å². The quantitative estimate of drug-likeness (QED) is 0.640. The number of nitrogens with one attached hydrogen (secondary N) is 1. The molecule has 1 N–H and O–H groups in total. The first kappa shape index (κ1) is 18.4. The van der Waals surface area contributed by atoms with Gasteiger partial charge in [0, 0.05) is 30.3 Å². The monoisotopic (exact) mass is 383 g/mol. The van der Waals surface area contributed by atoms with Crippen LogP contribution in [0.1, 0.15) is 12.7 Å². The van der Waals surface area contributed by atoms with Gasteiger partial charge < -0.3 is 14.6 Å². The Kier molecular flexibility index (Phi) is 4.99. The van der Waals surface area contributed by atoms with E-state index < -0.39 is 11.5 Å². The Bertz CT molecular complexity index is 902. The van der Waals surface area contributed by atoms with Gasteiger partial charge >= 0.3 is 11.5 Å². The molecule has 26 heavy (non-hydrogen) atoms. The predicted molar refractivity (Wildman–Crippen MR) is 93.3 cm³/mol. The summed E-state index contributed by atoms with van der Waals surface area (Å²) in [7, 11) is 1.79. The number of benzene rings is 1. The molecule has 0 amide bonds. The fourth-order valence-corrected chi connectivity index (χ4v) is 3.30. The molecule has 0 atom stereocenters. The number of aromatic amines is 1. The summed E-state index contributed by atoms with van der Waals surface area (Å²) in [6, 6.07) is 4.58. The topological polar surface area (TPSA) is 58.2 Å². The third-order valence-corrected chi connectivity index (χ3v) is 4.40. The Morgan fingerprint density at radius 1 is 1.42 bits per heavy atom. The van der Waals surface area contributed by atoms with Gasteiger partial charge in [0.2, 0.25) is 0 Å². The number of carbonyl (C=O) groups is 1. The first-order valence-corrected chi connectivity index (χ1v) is 8.63. The minimum Gasteiger partial charge on any atom is -0.463 e. The number of likely N-dealkylation sites (N-methyl/N-ethyl adjacent to an activating group) is 1. The van der Waals surface area contributed by atoms with Crippen LogP contribution < -0.4 is 0 Å². The van der Waals surface area contributed by atoms with Crippen LogP contribution in [0.25, 0.3) is 16.6 Å². The van der Waals surface area contributed by atoms with E-state index in [0.717, 1.165) is 0 Å². The highest BCUT2D eigenvalue weighted by Gasteiger charge is 2.30. The Balaban J connectivity index is 2.00. The third kappa shape index (κ3) is 4.04. The molecule has 1 aromatic heterocycles. The molecule has 0 saturated heterocycles. The van der Waals surface area contributed by atoms with Gasteiger partial charge in [-0.15, -0.1) is 0 Å². The van der Waals surface area contributed by atoms with Crippen LogP contribution in [-0.4, -0.2) is 46.5 Å². The van der Waals surface area contributed by atoms with Crippen molar-refractivity contribution in [1.29, 1.82) is 0 Å². The van der Waals surface area contributed by atoms with Crippen LogP contribution in [0.15, 0.2) is 40.9 Å². The smallest absolute Gasteiger partial charge is 0.446 e. The Morgan fingerprint density at radius 3 is 2.88 bits per heavy atom. The van der Waals surface area contributed by atoms with Crippen molar-refractivity contribution in [2.75, 3.05) is 20.2 Å². The van der Waals surface area contributed by atoms with Crippen LogP contribution >= 0.6 is 11.8 Å². The van der Waals surface area contributed by atoms with Gasteiger partial charge in [-0.3, -0.25) is 0 Å². The van der Waals surface area contributed by atoms with E-state index in [9.17, 15) is 18.0 Å². The van der Waals surface area contributed by atoms with Gasteiger partial charge in [-0.05, 0) is 36.9 Å². The van der Waals surface area contributed by atoms with Crippen LogP contribution in [0, 0.1) is 0 Å². The van der Waals surface area contributed by atoms with Gasteiger partial charge in [0.25, 0.3) is 0 Å². The predicted octanol–water partition coefficient (Wildman–Crippen LogP) is 3.95. The van der Waals surface area contributed by atoms with Crippen LogP contribution in [0.5, 0.6) is 0 Å². The first-order valence-electron chi connectivity index (χ1n) is 7.81. The summed E-state index contributed by atoms with van der Waals surface area (Å²) in [6.07, 6.45) is 3.42. The van der Waals surface area contributed by atoms with E-state index in [1.807, 2.05) is 0 Å². The van der Waals surface area contributed by atoms with E-state index in [4.69, 9.17) is 4.74 Å². The number of ether oxygens (including phenoxy) is 1. The molecule has 0 aliphatic carbocycles. The molecule has 9 heteroatoms. The van der Waals surface area contributed by atoms with Gasteiger partial charge in [-0.2, -0.15) is 13.2 Å². The average molecular weight is 383 g/mol. The minimum atomic E-state index is -4.39. The number of esters is 1. The second-order valence-corrected chi connectivity index (χ2v) is 6.78. The maximum atomic E-state index is 12.7. The summed E-state index contributed by atoms with van der Waals surface area (Å²) in [6.45, 7) is 2.38. The van der Waals surface area contributed by atoms with Crippen molar-refractivity contribution in [2.24, 2.45) is 0 Å². The fourth-order valence-electron chi connectivity index (χ4n) is 2.65. The van der Waals surface area contributed by atoms with E-state index in [2.05, 4.69) is 9.97 Å². The second-order valence-electron chi connectivity index (χ2n) is 5.68. The van der Waals surface area contributed by atoms with Crippen molar-refractivity contribution in [3.05, 3.63) is 41.9 Å². The molecule has 0 spiro atoms. The maximum Gasteiger partial charge on any atom is 0.446 e. The van der Waals surface area contributed by atoms with Crippen LogP contribution in [0.2, 0.25) is 0 Å². The third-order valence-electron chi connectivity index (χ3n) is 3.62. The number of rotatable bonds is 4. The standard InChI is InChI=1S/C17H16F3N3O2S/c1-3-25-16(24)11-7-10(8-23(2)9-11)15-21-12-5-4-6-13(14(12)22-15)26-17(18,19)20/h4-8H,3,9H2,1-2H3,(H,21,22). The van der Waals surface area contributed by atoms with Crippen LogP contribution in [0.3, 0.4) is 0 Å². The number of fused-ring (bicyclic) bond motifs is 1. The molecule has 138 valence electrons. The number of alkyl halides is 3. The van der Waals surface area contributed by atoms with Gasteiger partial charge in [0.1, 0.15) is 11.3 Å². The maximum absolute atomic E-state index is 12.7. The molecule has 0 bridgehead atoms. The molecule has 2 heterocycles. The van der Waals surface area contributed by atoms with E-state index in [-0.39, 0.29) is 28.8 Å². The van der Waals surface area contributed by atoms with Crippen molar-refractivity contribution < 1.29 is 22.7 Å². The molecule has 1 aromatic carbocycles. The number of imidazole rings is 1. The number of H-pyrrole nitrogens is 1. The van der Waals surface area contributed by atoms with Crippen molar-refractivity contribution in [2.45, 2.75) is 17.3 Å². The normalized spacial score (nSPS) is 15.0. The molecule has 0 fully saturated rings. The molecule has 1 aliphatic rings. The molecule has 0 unspecified atom stereocenters. The van der Waals surface area contributed by atoms with Gasteiger partial charge in [-0.25, -0.2) is 9.78 Å². The summed E-state index contributed by atoms with van der Waals surface area (Å²) < 4.78 is 43.2. The zero-order valence-corrected chi connectivity index (χ0v) is 14.9. The molecule has 2 aromatic rings.